The molecule has 0 unspecified atom stereocenters. The lowest BCUT2D eigenvalue weighted by molar-refractivity contribution is 0.504. The highest BCUT2D eigenvalue weighted by Gasteiger charge is 2.56. The van der Waals surface area contributed by atoms with Gasteiger partial charge in [-0.2, -0.15) is 5.26 Å². The van der Waals surface area contributed by atoms with E-state index in [-0.39, 0.29) is 17.7 Å². The van der Waals surface area contributed by atoms with Gasteiger partial charge in [0, 0.05) is 0 Å². The lowest BCUT2D eigenvalue weighted by Gasteiger charge is -2.08. The zero-order chi connectivity index (χ0) is 12.0. The highest BCUT2D eigenvalue weighted by molar-refractivity contribution is 7.93. The van der Waals surface area contributed by atoms with Crippen LogP contribution in [0.25, 0.3) is 0 Å². The third-order valence-electron chi connectivity index (χ3n) is 2.62. The van der Waals surface area contributed by atoms with Crippen molar-refractivity contribution >= 4 is 9.84 Å². The number of hydrogen-bond donors (Lipinski definition) is 0. The Labute approximate surface area is 91.2 Å². The van der Waals surface area contributed by atoms with Crippen molar-refractivity contribution in [3.63, 3.8) is 0 Å². The van der Waals surface area contributed by atoms with Gasteiger partial charge in [-0.05, 0) is 31.0 Å². The molecule has 0 aromatic heterocycles. The fourth-order valence-electron chi connectivity index (χ4n) is 1.42. The first-order chi connectivity index (χ1) is 7.43. The fourth-order valence-corrected chi connectivity index (χ4v) is 3.14. The number of benzene rings is 1. The summed E-state index contributed by atoms with van der Waals surface area (Å²) in [6.45, 7) is 0. The molecule has 1 saturated carbocycles. The molecule has 0 N–H and O–H groups in total. The van der Waals surface area contributed by atoms with E-state index in [1.165, 1.54) is 0 Å². The maximum atomic E-state index is 12.9. The average Bonchev–Trinajstić information content (AvgIpc) is 3.02. The fraction of sp³-hybridized carbons (Fsp3) is 0.300. The van der Waals surface area contributed by atoms with Crippen LogP contribution in [-0.2, 0) is 9.84 Å². The normalized spacial score (nSPS) is 17.8. The minimum atomic E-state index is -3.88. The molecule has 0 spiro atoms. The number of rotatable bonds is 2. The van der Waals surface area contributed by atoms with Crippen molar-refractivity contribution in [2.45, 2.75) is 22.5 Å². The Morgan fingerprint density at radius 3 is 2.31 bits per heavy atom. The van der Waals surface area contributed by atoms with Gasteiger partial charge in [0.1, 0.15) is 0 Å². The molecule has 1 aliphatic carbocycles. The molecule has 2 rings (SSSR count). The Hall–Kier alpha value is -1.48. The predicted molar refractivity (Wildman–Crippen MR) is 51.1 cm³/mol. The predicted octanol–water partition coefficient (Wildman–Crippen LogP) is 1.79. The van der Waals surface area contributed by atoms with E-state index in [1.807, 2.05) is 0 Å². The molecule has 0 heterocycles. The number of halogens is 2. The summed E-state index contributed by atoms with van der Waals surface area (Å²) in [7, 11) is -3.88. The molecule has 1 fully saturated rings. The second-order valence-corrected chi connectivity index (χ2v) is 5.95. The van der Waals surface area contributed by atoms with Crippen molar-refractivity contribution < 1.29 is 17.2 Å². The SMILES string of the molecule is N#CC1(S(=O)(=O)c2ccc(F)c(F)c2)CC1. The summed E-state index contributed by atoms with van der Waals surface area (Å²) in [5, 5.41) is 8.78. The monoisotopic (exact) mass is 243 g/mol. The van der Waals surface area contributed by atoms with Gasteiger partial charge < -0.3 is 0 Å². The molecular formula is C10H7F2NO2S. The molecule has 1 aromatic rings. The first-order valence-corrected chi connectivity index (χ1v) is 6.02. The minimum Gasteiger partial charge on any atom is -0.222 e. The third-order valence-corrected chi connectivity index (χ3v) is 5.03. The van der Waals surface area contributed by atoms with Gasteiger partial charge in [0.2, 0.25) is 0 Å². The van der Waals surface area contributed by atoms with Crippen LogP contribution in [0, 0.1) is 23.0 Å². The van der Waals surface area contributed by atoms with E-state index < -0.39 is 26.2 Å². The Balaban J connectivity index is 2.54. The van der Waals surface area contributed by atoms with E-state index in [0.717, 1.165) is 12.1 Å². The van der Waals surface area contributed by atoms with Crippen LogP contribution in [0.4, 0.5) is 8.78 Å². The lowest BCUT2D eigenvalue weighted by atomic mass is 10.3. The second-order valence-electron chi connectivity index (χ2n) is 3.69. The number of nitriles is 1. The van der Waals surface area contributed by atoms with Gasteiger partial charge >= 0.3 is 0 Å². The summed E-state index contributed by atoms with van der Waals surface area (Å²) in [4.78, 5) is -0.342. The molecule has 0 amide bonds. The van der Waals surface area contributed by atoms with E-state index in [1.54, 1.807) is 6.07 Å². The quantitative estimate of drug-likeness (QED) is 0.744. The maximum Gasteiger partial charge on any atom is 0.197 e. The standard InChI is InChI=1S/C10H7F2NO2S/c11-8-2-1-7(5-9(8)12)16(14,15)10(6-13)3-4-10/h1-2,5H,3-4H2. The summed E-state index contributed by atoms with van der Waals surface area (Å²) >= 11 is 0. The highest BCUT2D eigenvalue weighted by atomic mass is 32.2. The lowest BCUT2D eigenvalue weighted by Crippen LogP contribution is -2.21. The van der Waals surface area contributed by atoms with Crippen LogP contribution in [0.2, 0.25) is 0 Å². The van der Waals surface area contributed by atoms with Gasteiger partial charge in [0.05, 0.1) is 11.0 Å². The Bertz CT molecular complexity index is 585. The topological polar surface area (TPSA) is 57.9 Å². The van der Waals surface area contributed by atoms with Crippen LogP contribution in [0.3, 0.4) is 0 Å². The van der Waals surface area contributed by atoms with Crippen molar-refractivity contribution in [1.82, 2.24) is 0 Å². The van der Waals surface area contributed by atoms with Crippen LogP contribution >= 0.6 is 0 Å². The van der Waals surface area contributed by atoms with Gasteiger partial charge in [0.25, 0.3) is 0 Å². The number of sulfone groups is 1. The summed E-state index contributed by atoms with van der Waals surface area (Å²) < 4.78 is 47.9. The van der Waals surface area contributed by atoms with E-state index in [9.17, 15) is 17.2 Å². The molecule has 1 aliphatic rings. The van der Waals surface area contributed by atoms with Crippen LogP contribution < -0.4 is 0 Å². The zero-order valence-electron chi connectivity index (χ0n) is 8.07. The van der Waals surface area contributed by atoms with Crippen molar-refractivity contribution in [3.05, 3.63) is 29.8 Å². The Morgan fingerprint density at radius 1 is 1.25 bits per heavy atom. The number of hydrogen-bond acceptors (Lipinski definition) is 3. The molecule has 0 saturated heterocycles. The van der Waals surface area contributed by atoms with Crippen molar-refractivity contribution in [3.8, 4) is 6.07 Å². The largest absolute Gasteiger partial charge is 0.222 e. The third kappa shape index (κ3) is 1.39. The Kier molecular flexibility index (Phi) is 2.24. The van der Waals surface area contributed by atoms with Gasteiger partial charge in [-0.15, -0.1) is 0 Å². The molecule has 3 nitrogen and oxygen atoms in total. The molecule has 0 bridgehead atoms. The Morgan fingerprint density at radius 2 is 1.88 bits per heavy atom. The maximum absolute atomic E-state index is 12.9. The van der Waals surface area contributed by atoms with E-state index >= 15 is 0 Å². The first kappa shape index (κ1) is 11.0. The van der Waals surface area contributed by atoms with Crippen molar-refractivity contribution in [1.29, 1.82) is 5.26 Å². The molecular weight excluding hydrogens is 236 g/mol. The zero-order valence-corrected chi connectivity index (χ0v) is 8.89. The molecule has 0 radical (unpaired) electrons. The molecule has 1 aromatic carbocycles. The summed E-state index contributed by atoms with van der Waals surface area (Å²) in [6, 6.07) is 4.06. The molecule has 6 heteroatoms. The highest BCUT2D eigenvalue weighted by Crippen LogP contribution is 2.46. The van der Waals surface area contributed by atoms with Gasteiger partial charge in [0.15, 0.2) is 26.2 Å². The molecule has 0 atom stereocenters. The average molecular weight is 243 g/mol. The van der Waals surface area contributed by atoms with Gasteiger partial charge in [-0.3, -0.25) is 0 Å². The summed E-state index contributed by atoms with van der Waals surface area (Å²) in [6.07, 6.45) is 0.482. The molecule has 16 heavy (non-hydrogen) atoms. The van der Waals surface area contributed by atoms with Crippen LogP contribution in [-0.4, -0.2) is 13.2 Å². The van der Waals surface area contributed by atoms with E-state index in [2.05, 4.69) is 0 Å². The van der Waals surface area contributed by atoms with E-state index in [4.69, 9.17) is 5.26 Å². The van der Waals surface area contributed by atoms with Crippen LogP contribution in [0.5, 0.6) is 0 Å². The van der Waals surface area contributed by atoms with Gasteiger partial charge in [-0.25, -0.2) is 17.2 Å². The van der Waals surface area contributed by atoms with Crippen LogP contribution in [0.15, 0.2) is 23.1 Å². The number of nitrogens with zero attached hydrogens (tertiary/aromatic N) is 1. The van der Waals surface area contributed by atoms with Gasteiger partial charge in [-0.1, -0.05) is 0 Å². The molecule has 84 valence electrons. The summed E-state index contributed by atoms with van der Waals surface area (Å²) in [5.74, 6) is -2.34. The molecule has 0 aliphatic heterocycles. The van der Waals surface area contributed by atoms with Crippen LogP contribution in [0.1, 0.15) is 12.8 Å². The second kappa shape index (κ2) is 3.25. The first-order valence-electron chi connectivity index (χ1n) is 4.54. The minimum absolute atomic E-state index is 0.241. The smallest absolute Gasteiger partial charge is 0.197 e. The summed E-state index contributed by atoms with van der Waals surface area (Å²) in [5.41, 5.74) is 0. The van der Waals surface area contributed by atoms with Crippen molar-refractivity contribution in [2.24, 2.45) is 0 Å². The van der Waals surface area contributed by atoms with Crippen molar-refractivity contribution in [2.75, 3.05) is 0 Å². The van der Waals surface area contributed by atoms with E-state index in [0.29, 0.717) is 6.07 Å².